The fourth-order valence-corrected chi connectivity index (χ4v) is 2.84. The van der Waals surface area contributed by atoms with Gasteiger partial charge in [-0.2, -0.15) is 0 Å². The zero-order valence-electron chi connectivity index (χ0n) is 15.5. The average molecular weight is 348 g/mol. The van der Waals surface area contributed by atoms with E-state index in [1.807, 2.05) is 75.5 Å². The van der Waals surface area contributed by atoms with E-state index in [2.05, 4.69) is 4.98 Å². The van der Waals surface area contributed by atoms with Gasteiger partial charge in [-0.25, -0.2) is 4.98 Å². The first-order valence-electron chi connectivity index (χ1n) is 8.87. The van der Waals surface area contributed by atoms with Gasteiger partial charge in [-0.3, -0.25) is 4.79 Å². The van der Waals surface area contributed by atoms with E-state index in [1.54, 1.807) is 11.1 Å². The SMILES string of the molecule is Cc1ccc(-c2cnc(CCC(=O)N(C)C(C)c3ccccc3)o2)cc1. The van der Waals surface area contributed by atoms with Crippen LogP contribution in [0.4, 0.5) is 0 Å². The summed E-state index contributed by atoms with van der Waals surface area (Å²) in [7, 11) is 1.84. The molecule has 3 rings (SSSR count). The second-order valence-electron chi connectivity index (χ2n) is 6.58. The Bertz CT molecular complexity index is 853. The molecule has 26 heavy (non-hydrogen) atoms. The number of amides is 1. The van der Waals surface area contributed by atoms with Gasteiger partial charge in [0.2, 0.25) is 5.91 Å². The third kappa shape index (κ3) is 4.20. The van der Waals surface area contributed by atoms with Crippen molar-refractivity contribution in [3.05, 3.63) is 77.8 Å². The molecule has 0 aliphatic heterocycles. The number of rotatable bonds is 6. The van der Waals surface area contributed by atoms with Crippen molar-refractivity contribution in [2.24, 2.45) is 0 Å². The Kier molecular flexibility index (Phi) is 5.52. The number of hydrogen-bond acceptors (Lipinski definition) is 3. The topological polar surface area (TPSA) is 46.3 Å². The zero-order valence-corrected chi connectivity index (χ0v) is 15.5. The van der Waals surface area contributed by atoms with Gasteiger partial charge >= 0.3 is 0 Å². The van der Waals surface area contributed by atoms with Crippen LogP contribution in [0.15, 0.2) is 65.2 Å². The van der Waals surface area contributed by atoms with E-state index >= 15 is 0 Å². The van der Waals surface area contributed by atoms with Crippen LogP contribution in [0.25, 0.3) is 11.3 Å². The maximum atomic E-state index is 12.5. The number of nitrogens with zero attached hydrogens (tertiary/aromatic N) is 2. The van der Waals surface area contributed by atoms with Crippen LogP contribution >= 0.6 is 0 Å². The Morgan fingerprint density at radius 2 is 1.81 bits per heavy atom. The Labute approximate surface area is 154 Å². The van der Waals surface area contributed by atoms with Gasteiger partial charge < -0.3 is 9.32 Å². The highest BCUT2D eigenvalue weighted by molar-refractivity contribution is 5.76. The number of hydrogen-bond donors (Lipinski definition) is 0. The Morgan fingerprint density at radius 1 is 1.12 bits per heavy atom. The summed E-state index contributed by atoms with van der Waals surface area (Å²) in [5.74, 6) is 1.41. The summed E-state index contributed by atoms with van der Waals surface area (Å²) in [6.45, 7) is 4.09. The number of aromatic nitrogens is 1. The summed E-state index contributed by atoms with van der Waals surface area (Å²) in [6.07, 6.45) is 2.60. The molecule has 0 fully saturated rings. The van der Waals surface area contributed by atoms with Crippen molar-refractivity contribution in [1.82, 2.24) is 9.88 Å². The van der Waals surface area contributed by atoms with Crippen LogP contribution in [-0.4, -0.2) is 22.8 Å². The van der Waals surface area contributed by atoms with E-state index in [9.17, 15) is 4.79 Å². The summed E-state index contributed by atoms with van der Waals surface area (Å²) >= 11 is 0. The number of oxazole rings is 1. The molecule has 0 aliphatic carbocycles. The van der Waals surface area contributed by atoms with Crippen LogP contribution < -0.4 is 0 Å². The lowest BCUT2D eigenvalue weighted by Crippen LogP contribution is -2.29. The number of aryl methyl sites for hydroxylation is 2. The molecule has 1 atom stereocenters. The lowest BCUT2D eigenvalue weighted by atomic mass is 10.1. The van der Waals surface area contributed by atoms with Gasteiger partial charge in [0.05, 0.1) is 12.2 Å². The van der Waals surface area contributed by atoms with Crippen LogP contribution in [0.3, 0.4) is 0 Å². The molecule has 1 unspecified atom stereocenters. The summed E-state index contributed by atoms with van der Waals surface area (Å²) in [6, 6.07) is 18.2. The third-order valence-corrected chi connectivity index (χ3v) is 4.70. The lowest BCUT2D eigenvalue weighted by molar-refractivity contribution is -0.131. The molecule has 4 heteroatoms. The highest BCUT2D eigenvalue weighted by Crippen LogP contribution is 2.22. The standard InChI is InChI=1S/C22H24N2O2/c1-16-9-11-19(12-10-16)20-15-23-21(26-20)13-14-22(25)24(3)17(2)18-7-5-4-6-8-18/h4-12,15,17H,13-14H2,1-3H3. The largest absolute Gasteiger partial charge is 0.441 e. The molecule has 1 aromatic heterocycles. The van der Waals surface area contributed by atoms with Crippen molar-refractivity contribution in [2.45, 2.75) is 32.7 Å². The van der Waals surface area contributed by atoms with Crippen LogP contribution in [-0.2, 0) is 11.2 Å². The minimum Gasteiger partial charge on any atom is -0.441 e. The molecule has 0 radical (unpaired) electrons. The molecule has 0 aliphatic rings. The van der Waals surface area contributed by atoms with Gasteiger partial charge in [-0.15, -0.1) is 0 Å². The van der Waals surface area contributed by atoms with E-state index in [1.165, 1.54) is 5.56 Å². The van der Waals surface area contributed by atoms with Crippen molar-refractivity contribution in [3.63, 3.8) is 0 Å². The highest BCUT2D eigenvalue weighted by atomic mass is 16.4. The molecule has 1 amide bonds. The maximum Gasteiger partial charge on any atom is 0.223 e. The van der Waals surface area contributed by atoms with Gasteiger partial charge in [0.15, 0.2) is 11.7 Å². The summed E-state index contributed by atoms with van der Waals surface area (Å²) in [5.41, 5.74) is 3.33. The Hall–Kier alpha value is -2.88. The van der Waals surface area contributed by atoms with Gasteiger partial charge in [0.1, 0.15) is 0 Å². The Balaban J connectivity index is 1.58. The molecule has 4 nitrogen and oxygen atoms in total. The summed E-state index contributed by atoms with van der Waals surface area (Å²) in [5, 5.41) is 0. The van der Waals surface area contributed by atoms with Crippen LogP contribution in [0, 0.1) is 6.92 Å². The van der Waals surface area contributed by atoms with Crippen molar-refractivity contribution in [3.8, 4) is 11.3 Å². The van der Waals surface area contributed by atoms with Crippen LogP contribution in [0.1, 0.15) is 36.4 Å². The molecule has 1 heterocycles. The number of benzene rings is 2. The van der Waals surface area contributed by atoms with Gasteiger partial charge in [0.25, 0.3) is 0 Å². The maximum absolute atomic E-state index is 12.5. The van der Waals surface area contributed by atoms with Crippen LogP contribution in [0.2, 0.25) is 0 Å². The second kappa shape index (κ2) is 8.00. The van der Waals surface area contributed by atoms with E-state index < -0.39 is 0 Å². The van der Waals surface area contributed by atoms with Crippen molar-refractivity contribution < 1.29 is 9.21 Å². The molecule has 3 aromatic rings. The molecular weight excluding hydrogens is 324 g/mol. The van der Waals surface area contributed by atoms with E-state index in [4.69, 9.17) is 4.42 Å². The molecule has 0 bridgehead atoms. The molecule has 0 N–H and O–H groups in total. The van der Waals surface area contributed by atoms with Gasteiger partial charge in [-0.1, -0.05) is 60.2 Å². The molecule has 2 aromatic carbocycles. The quantitative estimate of drug-likeness (QED) is 0.643. The zero-order chi connectivity index (χ0) is 18.5. The Morgan fingerprint density at radius 3 is 2.50 bits per heavy atom. The molecule has 0 saturated heterocycles. The first-order valence-corrected chi connectivity index (χ1v) is 8.87. The first-order chi connectivity index (χ1) is 12.5. The third-order valence-electron chi connectivity index (χ3n) is 4.70. The minimum absolute atomic E-state index is 0.0383. The average Bonchev–Trinajstić information content (AvgIpc) is 3.15. The van der Waals surface area contributed by atoms with Crippen molar-refractivity contribution in [2.75, 3.05) is 7.05 Å². The molecule has 0 saturated carbocycles. The molecule has 0 spiro atoms. The highest BCUT2D eigenvalue weighted by Gasteiger charge is 2.18. The number of carbonyl (C=O) groups is 1. The first kappa shape index (κ1) is 17.9. The molecular formula is C22H24N2O2. The van der Waals surface area contributed by atoms with Crippen LogP contribution in [0.5, 0.6) is 0 Å². The summed E-state index contributed by atoms with van der Waals surface area (Å²) in [4.78, 5) is 18.6. The van der Waals surface area contributed by atoms with Crippen molar-refractivity contribution >= 4 is 5.91 Å². The summed E-state index contributed by atoms with van der Waals surface area (Å²) < 4.78 is 5.80. The second-order valence-corrected chi connectivity index (χ2v) is 6.58. The molecule has 134 valence electrons. The predicted molar refractivity (Wildman–Crippen MR) is 103 cm³/mol. The van der Waals surface area contributed by atoms with E-state index in [0.29, 0.717) is 18.7 Å². The van der Waals surface area contributed by atoms with E-state index in [0.717, 1.165) is 16.9 Å². The van der Waals surface area contributed by atoms with Gasteiger partial charge in [0, 0.05) is 25.5 Å². The predicted octanol–water partition coefficient (Wildman–Crippen LogP) is 4.80. The fraction of sp³-hybridized carbons (Fsp3) is 0.273. The van der Waals surface area contributed by atoms with Gasteiger partial charge in [-0.05, 0) is 19.4 Å². The monoisotopic (exact) mass is 348 g/mol. The lowest BCUT2D eigenvalue weighted by Gasteiger charge is -2.25. The smallest absolute Gasteiger partial charge is 0.223 e. The van der Waals surface area contributed by atoms with Crippen molar-refractivity contribution in [1.29, 1.82) is 0 Å². The minimum atomic E-state index is 0.0383. The fourth-order valence-electron chi connectivity index (χ4n) is 2.84. The number of carbonyl (C=O) groups excluding carboxylic acids is 1. The normalized spacial score (nSPS) is 12.0. The van der Waals surface area contributed by atoms with E-state index in [-0.39, 0.29) is 11.9 Å².